The number of hydrogen-bond acceptors (Lipinski definition) is 4. The molecular weight excluding hydrogens is 256 g/mol. The first-order valence-corrected chi connectivity index (χ1v) is 6.33. The number of aliphatic hydroxyl groups is 1. The van der Waals surface area contributed by atoms with Crippen LogP contribution in [0.2, 0.25) is 0 Å². The predicted octanol–water partition coefficient (Wildman–Crippen LogP) is 1.60. The van der Waals surface area contributed by atoms with Crippen molar-refractivity contribution >= 4 is 5.91 Å². The minimum Gasteiger partial charge on any atom is -0.482 e. The molecule has 108 valence electrons. The topological polar surface area (TPSA) is 82.3 Å². The highest BCUT2D eigenvalue weighted by atomic mass is 16.5. The van der Waals surface area contributed by atoms with Gasteiger partial charge in [-0.2, -0.15) is 5.26 Å². The molecule has 0 atom stereocenters. The van der Waals surface area contributed by atoms with Crippen LogP contribution in [0.3, 0.4) is 0 Å². The molecule has 0 saturated heterocycles. The zero-order valence-electron chi connectivity index (χ0n) is 12.2. The minimum atomic E-state index is -1.06. The summed E-state index contributed by atoms with van der Waals surface area (Å²) in [6.07, 6.45) is 0. The fourth-order valence-electron chi connectivity index (χ4n) is 1.37. The lowest BCUT2D eigenvalue weighted by atomic mass is 9.86. The molecule has 20 heavy (non-hydrogen) atoms. The number of nitrogens with zero attached hydrogens (tertiary/aromatic N) is 1. The number of hydrogen-bond donors (Lipinski definition) is 2. The summed E-state index contributed by atoms with van der Waals surface area (Å²) in [5, 5.41) is 21.6. The third-order valence-electron chi connectivity index (χ3n) is 3.35. The highest BCUT2D eigenvalue weighted by Gasteiger charge is 2.36. The van der Waals surface area contributed by atoms with Crippen LogP contribution >= 0.6 is 0 Å². The van der Waals surface area contributed by atoms with Gasteiger partial charge in [-0.25, -0.2) is 0 Å². The first-order valence-electron chi connectivity index (χ1n) is 6.33. The summed E-state index contributed by atoms with van der Waals surface area (Å²) in [5.41, 5.74) is -1.47. The molecule has 0 aliphatic heterocycles. The number of carbonyl (C=O) groups is 1. The normalized spacial score (nSPS) is 11.6. The first kappa shape index (κ1) is 16.0. The molecule has 0 fully saturated rings. The van der Waals surface area contributed by atoms with Crippen molar-refractivity contribution in [3.05, 3.63) is 29.8 Å². The SMILES string of the molecule is CC(C)(O)C(C)(C)NC(=O)COc1ccccc1C#N. The maximum atomic E-state index is 11.8. The molecule has 0 aliphatic rings. The van der Waals surface area contributed by atoms with Gasteiger partial charge in [0.15, 0.2) is 6.61 Å². The van der Waals surface area contributed by atoms with E-state index < -0.39 is 11.1 Å². The number of benzene rings is 1. The fraction of sp³-hybridized carbons (Fsp3) is 0.467. The third kappa shape index (κ3) is 3.97. The Morgan fingerprint density at radius 2 is 1.95 bits per heavy atom. The molecule has 0 spiro atoms. The summed E-state index contributed by atoms with van der Waals surface area (Å²) in [4.78, 5) is 11.8. The van der Waals surface area contributed by atoms with Gasteiger partial charge in [-0.1, -0.05) is 12.1 Å². The van der Waals surface area contributed by atoms with E-state index in [-0.39, 0.29) is 12.5 Å². The molecule has 0 aliphatic carbocycles. The van der Waals surface area contributed by atoms with Crippen LogP contribution in [0.5, 0.6) is 5.75 Å². The number of nitrogens with one attached hydrogen (secondary N) is 1. The average molecular weight is 276 g/mol. The molecule has 2 N–H and O–H groups in total. The lowest BCUT2D eigenvalue weighted by molar-refractivity contribution is -0.128. The molecule has 0 aromatic heterocycles. The van der Waals surface area contributed by atoms with Crippen LogP contribution in [0.15, 0.2) is 24.3 Å². The second-order valence-corrected chi connectivity index (χ2v) is 5.63. The molecule has 0 saturated carbocycles. The Labute approximate surface area is 119 Å². The summed E-state index contributed by atoms with van der Waals surface area (Å²) in [6, 6.07) is 8.70. The first-order chi connectivity index (χ1) is 9.17. The second kappa shape index (κ2) is 5.93. The van der Waals surface area contributed by atoms with Gasteiger partial charge in [-0.15, -0.1) is 0 Å². The number of ether oxygens (including phenoxy) is 1. The number of nitriles is 1. The molecule has 0 unspecified atom stereocenters. The smallest absolute Gasteiger partial charge is 0.258 e. The van der Waals surface area contributed by atoms with E-state index in [9.17, 15) is 9.90 Å². The second-order valence-electron chi connectivity index (χ2n) is 5.63. The molecule has 1 amide bonds. The Bertz CT molecular complexity index is 525. The summed E-state index contributed by atoms with van der Waals surface area (Å²) in [7, 11) is 0. The van der Waals surface area contributed by atoms with Gasteiger partial charge >= 0.3 is 0 Å². The molecule has 0 heterocycles. The van der Waals surface area contributed by atoms with Crippen molar-refractivity contribution in [2.75, 3.05) is 6.61 Å². The van der Waals surface area contributed by atoms with Crippen LogP contribution in [-0.2, 0) is 4.79 Å². The van der Waals surface area contributed by atoms with Crippen molar-refractivity contribution in [3.63, 3.8) is 0 Å². The van der Waals surface area contributed by atoms with Gasteiger partial charge in [0.2, 0.25) is 0 Å². The van der Waals surface area contributed by atoms with Crippen molar-refractivity contribution in [1.82, 2.24) is 5.32 Å². The van der Waals surface area contributed by atoms with E-state index >= 15 is 0 Å². The number of rotatable bonds is 5. The zero-order valence-corrected chi connectivity index (χ0v) is 12.2. The minimum absolute atomic E-state index is 0.210. The van der Waals surface area contributed by atoms with Crippen LogP contribution in [0.1, 0.15) is 33.3 Å². The highest BCUT2D eigenvalue weighted by molar-refractivity contribution is 5.78. The predicted molar refractivity (Wildman–Crippen MR) is 75.2 cm³/mol. The average Bonchev–Trinajstić information content (AvgIpc) is 2.34. The van der Waals surface area contributed by atoms with Gasteiger partial charge in [0.05, 0.1) is 16.7 Å². The van der Waals surface area contributed by atoms with Crippen molar-refractivity contribution < 1.29 is 14.6 Å². The van der Waals surface area contributed by atoms with E-state index in [0.717, 1.165) is 0 Å². The summed E-state index contributed by atoms with van der Waals surface area (Å²) < 4.78 is 5.33. The van der Waals surface area contributed by atoms with Gasteiger partial charge in [0, 0.05) is 0 Å². The third-order valence-corrected chi connectivity index (χ3v) is 3.35. The fourth-order valence-corrected chi connectivity index (χ4v) is 1.37. The largest absolute Gasteiger partial charge is 0.482 e. The molecular formula is C15H20N2O3. The van der Waals surface area contributed by atoms with E-state index in [1.54, 1.807) is 52.0 Å². The highest BCUT2D eigenvalue weighted by Crippen LogP contribution is 2.20. The van der Waals surface area contributed by atoms with Crippen LogP contribution in [0, 0.1) is 11.3 Å². The Kier molecular flexibility index (Phi) is 4.74. The summed E-state index contributed by atoms with van der Waals surface area (Å²) in [6.45, 7) is 6.50. The Morgan fingerprint density at radius 1 is 1.35 bits per heavy atom. The molecule has 0 radical (unpaired) electrons. The van der Waals surface area contributed by atoms with Crippen molar-refractivity contribution in [2.24, 2.45) is 0 Å². The Balaban J connectivity index is 2.63. The van der Waals surface area contributed by atoms with Crippen molar-refractivity contribution in [2.45, 2.75) is 38.8 Å². The van der Waals surface area contributed by atoms with E-state index in [0.29, 0.717) is 11.3 Å². The van der Waals surface area contributed by atoms with Crippen LogP contribution < -0.4 is 10.1 Å². The van der Waals surface area contributed by atoms with E-state index in [2.05, 4.69) is 5.32 Å². The monoisotopic (exact) mass is 276 g/mol. The van der Waals surface area contributed by atoms with Crippen LogP contribution in [0.4, 0.5) is 0 Å². The van der Waals surface area contributed by atoms with Gasteiger partial charge in [0.25, 0.3) is 5.91 Å². The molecule has 5 nitrogen and oxygen atoms in total. The standard InChI is InChI=1S/C15H20N2O3/c1-14(2,15(3,4)19)17-13(18)10-20-12-8-6-5-7-11(12)9-16/h5-8,19H,10H2,1-4H3,(H,17,18). The molecule has 1 aromatic carbocycles. The van der Waals surface area contributed by atoms with Crippen molar-refractivity contribution in [3.8, 4) is 11.8 Å². The number of para-hydroxylation sites is 1. The maximum absolute atomic E-state index is 11.8. The molecule has 5 heteroatoms. The van der Waals surface area contributed by atoms with Gasteiger partial charge < -0.3 is 15.2 Å². The lowest BCUT2D eigenvalue weighted by Gasteiger charge is -2.37. The number of carbonyl (C=O) groups excluding carboxylic acids is 1. The van der Waals surface area contributed by atoms with E-state index in [1.807, 2.05) is 6.07 Å². The quantitative estimate of drug-likeness (QED) is 0.855. The van der Waals surface area contributed by atoms with Crippen LogP contribution in [0.25, 0.3) is 0 Å². The molecule has 1 aromatic rings. The molecule has 0 bridgehead atoms. The number of amides is 1. The Hall–Kier alpha value is -2.06. The zero-order chi connectivity index (χ0) is 15.4. The van der Waals surface area contributed by atoms with Crippen molar-refractivity contribution in [1.29, 1.82) is 5.26 Å². The van der Waals surface area contributed by atoms with Gasteiger partial charge in [0.1, 0.15) is 11.8 Å². The summed E-state index contributed by atoms with van der Waals surface area (Å²) >= 11 is 0. The summed E-state index contributed by atoms with van der Waals surface area (Å²) in [5.74, 6) is 0.0103. The van der Waals surface area contributed by atoms with E-state index in [4.69, 9.17) is 10.00 Å². The Morgan fingerprint density at radius 3 is 2.50 bits per heavy atom. The maximum Gasteiger partial charge on any atom is 0.258 e. The molecule has 1 rings (SSSR count). The van der Waals surface area contributed by atoms with E-state index in [1.165, 1.54) is 0 Å². The lowest BCUT2D eigenvalue weighted by Crippen LogP contribution is -2.58. The van der Waals surface area contributed by atoms with Gasteiger partial charge in [-0.3, -0.25) is 4.79 Å². The van der Waals surface area contributed by atoms with Gasteiger partial charge in [-0.05, 0) is 39.8 Å². The van der Waals surface area contributed by atoms with Crippen LogP contribution in [-0.4, -0.2) is 28.8 Å².